The largest absolute Gasteiger partial charge is 0.494 e. The van der Waals surface area contributed by atoms with E-state index in [1.807, 2.05) is 0 Å². The van der Waals surface area contributed by atoms with E-state index in [0.717, 1.165) is 18.9 Å². The second-order valence-corrected chi connectivity index (χ2v) is 10.8. The maximum absolute atomic E-state index is 14.6. The van der Waals surface area contributed by atoms with Crippen LogP contribution >= 0.6 is 11.3 Å². The van der Waals surface area contributed by atoms with Crippen molar-refractivity contribution in [2.24, 2.45) is 5.73 Å². The van der Waals surface area contributed by atoms with Crippen LogP contribution in [0.4, 0.5) is 13.2 Å². The number of fused-ring (bicyclic) bond motifs is 1. The predicted molar refractivity (Wildman–Crippen MR) is 148 cm³/mol. The van der Waals surface area contributed by atoms with Gasteiger partial charge in [-0.3, -0.25) is 14.3 Å². The molecular weight excluding hydrogens is 575 g/mol. The third kappa shape index (κ3) is 5.63. The van der Waals surface area contributed by atoms with Gasteiger partial charge in [-0.15, -0.1) is 11.3 Å². The van der Waals surface area contributed by atoms with Gasteiger partial charge in [0.1, 0.15) is 22.7 Å². The minimum atomic E-state index is -5.27. The van der Waals surface area contributed by atoms with Crippen molar-refractivity contribution in [1.82, 2.24) is 20.1 Å². The van der Waals surface area contributed by atoms with Crippen molar-refractivity contribution < 1.29 is 37.3 Å². The Morgan fingerprint density at radius 3 is 2.62 bits per heavy atom. The van der Waals surface area contributed by atoms with Crippen LogP contribution in [0.3, 0.4) is 0 Å². The SMILES string of the molecule is CCOc1c(CC(N)=O)cc([C@@](O)(CNC(=O)c2cc(OC)c3nn(C4CC4)cc3c2)C(F)(F)F)nc1-c1cccs1. The first kappa shape index (κ1) is 29.3. The van der Waals surface area contributed by atoms with Gasteiger partial charge in [-0.05, 0) is 49.4 Å². The Balaban J connectivity index is 1.52. The molecule has 4 N–H and O–H groups in total. The highest BCUT2D eigenvalue weighted by atomic mass is 32.1. The molecule has 10 nitrogen and oxygen atoms in total. The first-order valence-electron chi connectivity index (χ1n) is 13.1. The third-order valence-corrected chi connectivity index (χ3v) is 7.73. The predicted octanol–water partition coefficient (Wildman–Crippen LogP) is 4.11. The minimum absolute atomic E-state index is 0.0115. The van der Waals surface area contributed by atoms with Crippen molar-refractivity contribution in [2.75, 3.05) is 20.3 Å². The fourth-order valence-electron chi connectivity index (χ4n) is 4.58. The van der Waals surface area contributed by atoms with E-state index < -0.39 is 42.3 Å². The number of amides is 2. The Morgan fingerprint density at radius 1 is 1.26 bits per heavy atom. The highest BCUT2D eigenvalue weighted by Crippen LogP contribution is 2.43. The van der Waals surface area contributed by atoms with E-state index in [-0.39, 0.29) is 41.0 Å². The number of nitrogens with one attached hydrogen (secondary N) is 1. The molecular formula is C28H28F3N5O5S. The summed E-state index contributed by atoms with van der Waals surface area (Å²) in [7, 11) is 1.40. The van der Waals surface area contributed by atoms with E-state index in [1.54, 1.807) is 35.3 Å². The van der Waals surface area contributed by atoms with Crippen molar-refractivity contribution in [2.45, 2.75) is 44.0 Å². The zero-order chi connectivity index (χ0) is 30.2. The smallest absolute Gasteiger partial charge is 0.424 e. The zero-order valence-corrected chi connectivity index (χ0v) is 23.5. The van der Waals surface area contributed by atoms with Crippen molar-refractivity contribution in [3.8, 4) is 22.1 Å². The summed E-state index contributed by atoms with van der Waals surface area (Å²) in [5.74, 6) is -1.32. The van der Waals surface area contributed by atoms with Crippen LogP contribution in [0.15, 0.2) is 41.9 Å². The number of rotatable bonds is 11. The van der Waals surface area contributed by atoms with E-state index >= 15 is 0 Å². The lowest BCUT2D eigenvalue weighted by atomic mass is 9.94. The average molecular weight is 604 g/mol. The van der Waals surface area contributed by atoms with Crippen LogP contribution in [-0.4, -0.2) is 58.1 Å². The molecule has 2 amide bonds. The van der Waals surface area contributed by atoms with Gasteiger partial charge in [-0.1, -0.05) is 6.07 Å². The minimum Gasteiger partial charge on any atom is -0.494 e. The fraction of sp³-hybridized carbons (Fsp3) is 0.357. The number of nitrogens with zero attached hydrogens (tertiary/aromatic N) is 3. The second kappa shape index (κ2) is 11.2. The molecule has 0 radical (unpaired) electrons. The summed E-state index contributed by atoms with van der Waals surface area (Å²) >= 11 is 1.19. The molecule has 14 heteroatoms. The lowest BCUT2D eigenvalue weighted by Crippen LogP contribution is -2.51. The molecule has 0 saturated heterocycles. The Hall–Kier alpha value is -4.17. The first-order valence-corrected chi connectivity index (χ1v) is 14.0. The number of nitrogens with two attached hydrogens (primary N) is 1. The number of hydrogen-bond acceptors (Lipinski definition) is 8. The molecule has 1 fully saturated rings. The number of primary amides is 1. The lowest BCUT2D eigenvalue weighted by molar-refractivity contribution is -0.265. The van der Waals surface area contributed by atoms with E-state index in [1.165, 1.54) is 30.6 Å². The number of benzene rings is 1. The van der Waals surface area contributed by atoms with Crippen LogP contribution in [0, 0.1) is 0 Å². The molecule has 0 unspecified atom stereocenters. The number of ether oxygens (including phenoxy) is 2. The van der Waals surface area contributed by atoms with Gasteiger partial charge < -0.3 is 25.6 Å². The van der Waals surface area contributed by atoms with Crippen molar-refractivity contribution >= 4 is 34.1 Å². The van der Waals surface area contributed by atoms with Gasteiger partial charge in [0.05, 0.1) is 43.3 Å². The number of halogens is 3. The van der Waals surface area contributed by atoms with E-state index in [2.05, 4.69) is 15.4 Å². The molecule has 222 valence electrons. The van der Waals surface area contributed by atoms with Crippen LogP contribution in [0.5, 0.6) is 11.5 Å². The number of aromatic nitrogens is 3. The Morgan fingerprint density at radius 2 is 2.02 bits per heavy atom. The van der Waals surface area contributed by atoms with Crippen LogP contribution in [-0.2, 0) is 16.8 Å². The summed E-state index contributed by atoms with van der Waals surface area (Å²) in [6.45, 7) is 0.543. The van der Waals surface area contributed by atoms with Crippen molar-refractivity contribution in [3.05, 3.63) is 58.7 Å². The Labute approximate surface area is 242 Å². The Bertz CT molecular complexity index is 1640. The maximum Gasteiger partial charge on any atom is 0.424 e. The molecule has 1 atom stereocenters. The number of carbonyl (C=O) groups is 2. The number of carbonyl (C=O) groups excluding carboxylic acids is 2. The lowest BCUT2D eigenvalue weighted by Gasteiger charge is -2.31. The van der Waals surface area contributed by atoms with E-state index in [9.17, 15) is 27.9 Å². The molecule has 42 heavy (non-hydrogen) atoms. The highest BCUT2D eigenvalue weighted by molar-refractivity contribution is 7.13. The number of thiophene rings is 1. The van der Waals surface area contributed by atoms with Crippen LogP contribution < -0.4 is 20.5 Å². The summed E-state index contributed by atoms with van der Waals surface area (Å²) in [5.41, 5.74) is 1.51. The van der Waals surface area contributed by atoms with Crippen LogP contribution in [0.2, 0.25) is 0 Å². The number of hydrogen-bond donors (Lipinski definition) is 3. The zero-order valence-electron chi connectivity index (χ0n) is 22.7. The molecule has 0 bridgehead atoms. The van der Waals surface area contributed by atoms with Gasteiger partial charge in [-0.2, -0.15) is 18.3 Å². The quantitative estimate of drug-likeness (QED) is 0.234. The molecule has 1 aliphatic rings. The van der Waals surface area contributed by atoms with Crippen LogP contribution in [0.25, 0.3) is 21.5 Å². The first-order chi connectivity index (χ1) is 19.9. The number of methoxy groups -OCH3 is 1. The molecule has 5 rings (SSSR count). The molecule has 1 aliphatic carbocycles. The standard InChI is InChI=1S/C28H28F3N5O5S/c1-3-41-25-15(12-22(32)37)11-21(34-24(25)20-5-4-8-42-20)27(39,28(29,30)31)14-33-26(38)16-9-17-13-36(18-6-7-18)35-23(17)19(10-16)40-2/h4-5,8-11,13,18,39H,3,6-7,12,14H2,1-2H3,(H2,32,37)(H,33,38)/t27-/m0/s1. The van der Waals surface area contributed by atoms with Gasteiger partial charge in [0, 0.05) is 22.7 Å². The Kier molecular flexibility index (Phi) is 7.86. The molecule has 3 aromatic heterocycles. The summed E-state index contributed by atoms with van der Waals surface area (Å²) in [6.07, 6.45) is -2.01. The molecule has 0 spiro atoms. The molecule has 0 aliphatic heterocycles. The highest BCUT2D eigenvalue weighted by Gasteiger charge is 2.56. The van der Waals surface area contributed by atoms with E-state index in [4.69, 9.17) is 15.2 Å². The third-order valence-electron chi connectivity index (χ3n) is 6.85. The van der Waals surface area contributed by atoms with Crippen molar-refractivity contribution in [3.63, 3.8) is 0 Å². The molecule has 3 heterocycles. The van der Waals surface area contributed by atoms with Gasteiger partial charge >= 0.3 is 6.18 Å². The number of alkyl halides is 3. The fourth-order valence-corrected chi connectivity index (χ4v) is 5.29. The van der Waals surface area contributed by atoms with Gasteiger partial charge in [0.25, 0.3) is 5.91 Å². The summed E-state index contributed by atoms with van der Waals surface area (Å²) < 4.78 is 56.6. The van der Waals surface area contributed by atoms with Crippen LogP contribution in [0.1, 0.15) is 47.4 Å². The topological polar surface area (TPSA) is 142 Å². The summed E-state index contributed by atoms with van der Waals surface area (Å²) in [4.78, 5) is 29.6. The average Bonchev–Trinajstić information content (AvgIpc) is 3.46. The van der Waals surface area contributed by atoms with E-state index in [0.29, 0.717) is 15.8 Å². The van der Waals surface area contributed by atoms with Gasteiger partial charge in [0.2, 0.25) is 11.5 Å². The second-order valence-electron chi connectivity index (χ2n) is 9.90. The summed E-state index contributed by atoms with van der Waals surface area (Å²) in [6, 6.07) is 7.38. The van der Waals surface area contributed by atoms with Gasteiger partial charge in [0.15, 0.2) is 0 Å². The van der Waals surface area contributed by atoms with Crippen molar-refractivity contribution in [1.29, 1.82) is 0 Å². The molecule has 1 aromatic carbocycles. The molecule has 4 aromatic rings. The molecule has 1 saturated carbocycles. The monoisotopic (exact) mass is 603 g/mol. The van der Waals surface area contributed by atoms with Gasteiger partial charge in [-0.25, -0.2) is 4.98 Å². The number of pyridine rings is 1. The number of aliphatic hydroxyl groups is 1. The normalized spacial score (nSPS) is 14.9. The maximum atomic E-state index is 14.6. The summed E-state index contributed by atoms with van der Waals surface area (Å²) in [5, 5.41) is 20.2.